The molecule has 1 N–H and O–H groups in total. The highest BCUT2D eigenvalue weighted by Gasteiger charge is 2.16. The Morgan fingerprint density at radius 2 is 1.89 bits per heavy atom. The van der Waals surface area contributed by atoms with E-state index in [1.807, 2.05) is 29.0 Å². The topological polar surface area (TPSA) is 81.9 Å². The number of carbonyl (C=O) groups is 1. The van der Waals surface area contributed by atoms with Crippen molar-refractivity contribution < 1.29 is 9.53 Å². The first-order valence-electron chi connectivity index (χ1n) is 11.6. The first-order valence-corrected chi connectivity index (χ1v) is 14.2. The largest absolute Gasteiger partial charge is 0.486 e. The molecule has 0 unspecified atom stereocenters. The van der Waals surface area contributed by atoms with Crippen molar-refractivity contribution in [1.82, 2.24) is 19.7 Å². The van der Waals surface area contributed by atoms with E-state index in [0.29, 0.717) is 38.4 Å². The van der Waals surface area contributed by atoms with Gasteiger partial charge in [-0.1, -0.05) is 67.9 Å². The van der Waals surface area contributed by atoms with Crippen LogP contribution in [-0.4, -0.2) is 31.4 Å². The molecule has 0 aliphatic rings. The van der Waals surface area contributed by atoms with Crippen LogP contribution < -0.4 is 10.1 Å². The first kappa shape index (κ1) is 27.4. The molecule has 4 rings (SSSR count). The molecule has 2 heterocycles. The van der Waals surface area contributed by atoms with E-state index in [-0.39, 0.29) is 23.7 Å². The molecule has 4 aromatic rings. The molecule has 7 nitrogen and oxygen atoms in total. The maximum absolute atomic E-state index is 12.6. The minimum absolute atomic E-state index is 0.0889. The molecule has 0 spiro atoms. The lowest BCUT2D eigenvalue weighted by Crippen LogP contribution is -2.14. The molecule has 2 aromatic heterocycles. The quantitative estimate of drug-likeness (QED) is 0.210. The highest BCUT2D eigenvalue weighted by molar-refractivity contribution is 7.99. The summed E-state index contributed by atoms with van der Waals surface area (Å²) in [6.45, 7) is 9.49. The molecule has 37 heavy (non-hydrogen) atoms. The summed E-state index contributed by atoms with van der Waals surface area (Å²) in [5, 5.41) is 15.4. The fraction of sp³-hybridized carbons (Fsp3) is 0.308. The Balaban J connectivity index is 1.32. The van der Waals surface area contributed by atoms with Crippen LogP contribution in [0.25, 0.3) is 11.3 Å². The lowest BCUT2D eigenvalue weighted by Gasteiger charge is -2.19. The molecule has 0 bridgehead atoms. The van der Waals surface area contributed by atoms with Crippen molar-refractivity contribution in [3.63, 3.8) is 0 Å². The van der Waals surface area contributed by atoms with E-state index >= 15 is 0 Å². The number of thioether (sulfide) groups is 1. The molecule has 194 valence electrons. The number of anilines is 1. The highest BCUT2D eigenvalue weighted by atomic mass is 35.5. The fourth-order valence-electron chi connectivity index (χ4n) is 3.49. The maximum atomic E-state index is 12.6. The number of amides is 1. The molecule has 0 aliphatic carbocycles. The maximum Gasteiger partial charge on any atom is 0.236 e. The van der Waals surface area contributed by atoms with Crippen LogP contribution >= 0.6 is 46.3 Å². The Labute approximate surface area is 234 Å². The van der Waals surface area contributed by atoms with E-state index < -0.39 is 0 Å². The van der Waals surface area contributed by atoms with E-state index in [2.05, 4.69) is 53.4 Å². The number of hydrogen-bond acceptors (Lipinski definition) is 7. The second kappa shape index (κ2) is 11.9. The van der Waals surface area contributed by atoms with Gasteiger partial charge in [0.25, 0.3) is 0 Å². The second-order valence-corrected chi connectivity index (χ2v) is 11.8. The Hall–Kier alpha value is -2.59. The van der Waals surface area contributed by atoms with Gasteiger partial charge in [-0.25, -0.2) is 4.98 Å². The van der Waals surface area contributed by atoms with Gasteiger partial charge in [-0.2, -0.15) is 0 Å². The average Bonchev–Trinajstić information content (AvgIpc) is 3.47. The van der Waals surface area contributed by atoms with Crippen LogP contribution in [0.5, 0.6) is 5.75 Å². The van der Waals surface area contributed by atoms with Gasteiger partial charge >= 0.3 is 0 Å². The number of halogens is 2. The summed E-state index contributed by atoms with van der Waals surface area (Å²) in [5.41, 5.74) is 2.77. The number of rotatable bonds is 9. The van der Waals surface area contributed by atoms with Crippen molar-refractivity contribution in [3.05, 3.63) is 69.3 Å². The summed E-state index contributed by atoms with van der Waals surface area (Å²) < 4.78 is 7.89. The second-order valence-electron chi connectivity index (χ2n) is 9.21. The third-order valence-corrected chi connectivity index (χ3v) is 7.76. The van der Waals surface area contributed by atoms with Gasteiger partial charge < -0.3 is 14.6 Å². The van der Waals surface area contributed by atoms with Crippen LogP contribution in [0.15, 0.2) is 53.0 Å². The zero-order valence-corrected chi connectivity index (χ0v) is 24.1. The Kier molecular flexibility index (Phi) is 8.79. The van der Waals surface area contributed by atoms with Gasteiger partial charge in [-0.3, -0.25) is 4.79 Å². The van der Waals surface area contributed by atoms with E-state index in [9.17, 15) is 4.79 Å². The number of benzene rings is 2. The SMILES string of the molecule is CCn1c(COc2ccc(C(C)(C)C)cc2)nnc1SCC(=O)Nc1nc(-c2ccc(Cl)cc2Cl)cs1. The fourth-order valence-corrected chi connectivity index (χ4v) is 5.54. The number of nitrogens with zero attached hydrogens (tertiary/aromatic N) is 4. The third kappa shape index (κ3) is 7.04. The van der Waals surface area contributed by atoms with Gasteiger partial charge in [-0.05, 0) is 48.2 Å². The van der Waals surface area contributed by atoms with Crippen molar-refractivity contribution in [1.29, 1.82) is 0 Å². The number of ether oxygens (including phenoxy) is 1. The summed E-state index contributed by atoms with van der Waals surface area (Å²) in [7, 11) is 0. The molecular weight excluding hydrogens is 549 g/mol. The Morgan fingerprint density at radius 3 is 2.57 bits per heavy atom. The molecule has 0 fully saturated rings. The standard InChI is InChI=1S/C26H27Cl2N5O2S2/c1-5-33-22(13-35-18-9-6-16(7-10-18)26(2,3)4)31-32-25(33)37-15-23(34)30-24-29-21(14-36-24)19-11-8-17(27)12-20(19)28/h6-12,14H,5,13,15H2,1-4H3,(H,29,30,34). The molecule has 0 atom stereocenters. The van der Waals surface area contributed by atoms with Gasteiger partial charge in [0.1, 0.15) is 12.4 Å². The normalized spacial score (nSPS) is 11.5. The lowest BCUT2D eigenvalue weighted by atomic mass is 9.87. The number of nitrogens with one attached hydrogen (secondary N) is 1. The van der Waals surface area contributed by atoms with Crippen LogP contribution in [0.2, 0.25) is 10.0 Å². The number of hydrogen-bond donors (Lipinski definition) is 1. The molecule has 0 radical (unpaired) electrons. The minimum Gasteiger partial charge on any atom is -0.486 e. The molecular formula is C26H27Cl2N5O2S2. The van der Waals surface area contributed by atoms with Crippen molar-refractivity contribution >= 4 is 57.3 Å². The van der Waals surface area contributed by atoms with Gasteiger partial charge in [-0.15, -0.1) is 21.5 Å². The zero-order chi connectivity index (χ0) is 26.6. The number of carbonyl (C=O) groups excluding carboxylic acids is 1. The van der Waals surface area contributed by atoms with E-state index in [0.717, 1.165) is 11.3 Å². The van der Waals surface area contributed by atoms with Crippen LogP contribution in [0.3, 0.4) is 0 Å². The van der Waals surface area contributed by atoms with Gasteiger partial charge in [0, 0.05) is 22.5 Å². The van der Waals surface area contributed by atoms with Gasteiger partial charge in [0.05, 0.1) is 16.5 Å². The van der Waals surface area contributed by atoms with Crippen LogP contribution in [0.1, 0.15) is 39.1 Å². The smallest absolute Gasteiger partial charge is 0.236 e. The van der Waals surface area contributed by atoms with E-state index in [1.165, 1.54) is 28.7 Å². The predicted octanol–water partition coefficient (Wildman–Crippen LogP) is 7.34. The van der Waals surface area contributed by atoms with Crippen LogP contribution in [0.4, 0.5) is 5.13 Å². The van der Waals surface area contributed by atoms with Crippen LogP contribution in [0, 0.1) is 0 Å². The molecule has 0 saturated heterocycles. The number of thiazole rings is 1. The van der Waals surface area contributed by atoms with Gasteiger partial charge in [0.15, 0.2) is 16.1 Å². The third-order valence-electron chi connectivity index (χ3n) is 5.49. The minimum atomic E-state index is -0.185. The van der Waals surface area contributed by atoms with Crippen molar-refractivity contribution in [2.24, 2.45) is 0 Å². The van der Waals surface area contributed by atoms with E-state index in [4.69, 9.17) is 27.9 Å². The van der Waals surface area contributed by atoms with Crippen molar-refractivity contribution in [2.45, 2.75) is 51.4 Å². The molecule has 11 heteroatoms. The zero-order valence-electron chi connectivity index (χ0n) is 20.9. The molecule has 0 aliphatic heterocycles. The molecule has 1 amide bonds. The summed E-state index contributed by atoms with van der Waals surface area (Å²) in [5.74, 6) is 1.46. The first-order chi connectivity index (χ1) is 17.6. The van der Waals surface area contributed by atoms with Gasteiger partial charge in [0.2, 0.25) is 5.91 Å². The Morgan fingerprint density at radius 1 is 1.14 bits per heavy atom. The summed E-state index contributed by atoms with van der Waals surface area (Å²) in [4.78, 5) is 17.0. The molecule has 2 aromatic carbocycles. The Bertz CT molecular complexity index is 1380. The van der Waals surface area contributed by atoms with Crippen LogP contribution in [-0.2, 0) is 23.4 Å². The highest BCUT2D eigenvalue weighted by Crippen LogP contribution is 2.32. The molecule has 0 saturated carbocycles. The van der Waals surface area contributed by atoms with Crippen molar-refractivity contribution in [2.75, 3.05) is 11.1 Å². The predicted molar refractivity (Wildman–Crippen MR) is 152 cm³/mol. The lowest BCUT2D eigenvalue weighted by molar-refractivity contribution is -0.113. The van der Waals surface area contributed by atoms with Crippen molar-refractivity contribution in [3.8, 4) is 17.0 Å². The number of aromatic nitrogens is 4. The summed E-state index contributed by atoms with van der Waals surface area (Å²) in [6, 6.07) is 13.3. The van der Waals surface area contributed by atoms with E-state index in [1.54, 1.807) is 18.2 Å². The monoisotopic (exact) mass is 575 g/mol. The summed E-state index contributed by atoms with van der Waals surface area (Å²) in [6.07, 6.45) is 0. The average molecular weight is 577 g/mol. The summed E-state index contributed by atoms with van der Waals surface area (Å²) >= 11 is 14.9.